The van der Waals surface area contributed by atoms with Crippen LogP contribution < -0.4 is 10.9 Å². The first-order valence-corrected chi connectivity index (χ1v) is 10.8. The molecule has 0 bridgehead atoms. The Hall–Kier alpha value is -3.23. The van der Waals surface area contributed by atoms with Crippen LogP contribution in [0, 0.1) is 11.7 Å². The van der Waals surface area contributed by atoms with Crippen molar-refractivity contribution in [2.45, 2.75) is 25.4 Å². The van der Waals surface area contributed by atoms with Crippen molar-refractivity contribution in [3.8, 4) is 5.69 Å². The van der Waals surface area contributed by atoms with Crippen LogP contribution in [-0.2, 0) is 6.54 Å². The van der Waals surface area contributed by atoms with E-state index in [1.54, 1.807) is 41.2 Å². The molecule has 2 N–H and O–H groups in total. The molecule has 1 atom stereocenters. The molecule has 0 amide bonds. The number of aliphatic hydroxyl groups is 1. The lowest BCUT2D eigenvalue weighted by Gasteiger charge is -2.17. The van der Waals surface area contributed by atoms with Crippen LogP contribution in [0.2, 0.25) is 5.02 Å². The normalized spacial score (nSPS) is 14.6. The lowest BCUT2D eigenvalue weighted by Crippen LogP contribution is -2.26. The third-order valence-electron chi connectivity index (χ3n) is 5.80. The molecule has 0 spiro atoms. The first kappa shape index (κ1) is 20.7. The Morgan fingerprint density at radius 2 is 2.06 bits per heavy atom. The summed E-state index contributed by atoms with van der Waals surface area (Å²) in [5, 5.41) is 17.9. The maximum atomic E-state index is 14.0. The fraction of sp³-hybridized carbons (Fsp3) is 0.261. The third-order valence-corrected chi connectivity index (χ3v) is 6.10. The van der Waals surface area contributed by atoms with Gasteiger partial charge in [-0.1, -0.05) is 29.8 Å². The number of aliphatic hydroxyl groups excluding tert-OH is 1. The van der Waals surface area contributed by atoms with Crippen LogP contribution >= 0.6 is 11.6 Å². The summed E-state index contributed by atoms with van der Waals surface area (Å²) in [4.78, 5) is 17.5. The van der Waals surface area contributed by atoms with Crippen LogP contribution in [0.5, 0.6) is 0 Å². The molecular formula is C23H21ClFN5O2. The van der Waals surface area contributed by atoms with E-state index in [1.807, 2.05) is 0 Å². The van der Waals surface area contributed by atoms with Crippen LogP contribution in [0.3, 0.4) is 0 Å². The van der Waals surface area contributed by atoms with Crippen molar-refractivity contribution in [1.82, 2.24) is 19.3 Å². The predicted molar refractivity (Wildman–Crippen MR) is 121 cm³/mol. The van der Waals surface area contributed by atoms with Gasteiger partial charge in [0, 0.05) is 17.8 Å². The van der Waals surface area contributed by atoms with E-state index < -0.39 is 0 Å². The standard InChI is InChI=1S/C23H21ClFN5O2/c24-17-11-26-22(28-19(13-31)14-5-6-14)9-21(17)29-8-7-20-16(23(29)32)10-27-30(20)12-15-3-1-2-4-18(15)25/h1-4,7-11,14,19,31H,5-6,12-13H2,(H,26,28)/t19-/m0/s1. The van der Waals surface area contributed by atoms with Crippen molar-refractivity contribution >= 4 is 28.3 Å². The fourth-order valence-corrected chi connectivity index (χ4v) is 4.07. The van der Waals surface area contributed by atoms with Gasteiger partial charge >= 0.3 is 0 Å². The smallest absolute Gasteiger partial charge is 0.266 e. The summed E-state index contributed by atoms with van der Waals surface area (Å²) in [6, 6.07) is 9.87. The molecule has 1 fully saturated rings. The van der Waals surface area contributed by atoms with E-state index in [-0.39, 0.29) is 30.6 Å². The monoisotopic (exact) mass is 453 g/mol. The molecule has 1 aliphatic carbocycles. The Bertz CT molecular complexity index is 1350. The van der Waals surface area contributed by atoms with Gasteiger partial charge in [-0.05, 0) is 30.9 Å². The summed E-state index contributed by atoms with van der Waals surface area (Å²) in [6.45, 7) is 0.227. The van der Waals surface area contributed by atoms with E-state index >= 15 is 0 Å². The summed E-state index contributed by atoms with van der Waals surface area (Å²) < 4.78 is 17.1. The average molecular weight is 454 g/mol. The fourth-order valence-electron chi connectivity index (χ4n) is 3.87. The molecule has 1 saturated carbocycles. The Labute approximate surface area is 188 Å². The average Bonchev–Trinajstić information content (AvgIpc) is 3.56. The number of benzene rings is 1. The molecular weight excluding hydrogens is 433 g/mol. The van der Waals surface area contributed by atoms with Gasteiger partial charge in [-0.25, -0.2) is 9.37 Å². The highest BCUT2D eigenvalue weighted by molar-refractivity contribution is 6.32. The SMILES string of the molecule is O=c1c2cnn(Cc3ccccc3F)c2ccn1-c1cc(N[C@@H](CO)C2CC2)ncc1Cl. The van der Waals surface area contributed by atoms with Crippen molar-refractivity contribution in [3.63, 3.8) is 0 Å². The lowest BCUT2D eigenvalue weighted by atomic mass is 10.2. The van der Waals surface area contributed by atoms with Gasteiger partial charge in [0.1, 0.15) is 11.6 Å². The van der Waals surface area contributed by atoms with Crippen molar-refractivity contribution in [2.24, 2.45) is 5.92 Å². The van der Waals surface area contributed by atoms with E-state index in [2.05, 4.69) is 15.4 Å². The Morgan fingerprint density at radius 3 is 2.81 bits per heavy atom. The quantitative estimate of drug-likeness (QED) is 0.446. The minimum absolute atomic E-state index is 0.0113. The number of fused-ring (bicyclic) bond motifs is 1. The number of aromatic nitrogens is 4. The number of hydrogen-bond acceptors (Lipinski definition) is 5. The number of hydrogen-bond donors (Lipinski definition) is 2. The number of pyridine rings is 2. The molecule has 0 radical (unpaired) electrons. The zero-order valence-corrected chi connectivity index (χ0v) is 17.8. The summed E-state index contributed by atoms with van der Waals surface area (Å²) in [7, 11) is 0. The maximum Gasteiger partial charge on any atom is 0.266 e. The predicted octanol–water partition coefficient (Wildman–Crippen LogP) is 3.61. The van der Waals surface area contributed by atoms with E-state index in [1.165, 1.54) is 23.0 Å². The van der Waals surface area contributed by atoms with Gasteiger partial charge in [-0.2, -0.15) is 5.10 Å². The zero-order valence-electron chi connectivity index (χ0n) is 17.1. The molecule has 0 aliphatic heterocycles. The van der Waals surface area contributed by atoms with Gasteiger partial charge in [0.15, 0.2) is 0 Å². The number of nitrogens with one attached hydrogen (secondary N) is 1. The van der Waals surface area contributed by atoms with E-state index in [4.69, 9.17) is 11.6 Å². The van der Waals surface area contributed by atoms with Gasteiger partial charge in [0.2, 0.25) is 0 Å². The molecule has 3 aromatic heterocycles. The zero-order chi connectivity index (χ0) is 22.2. The second-order valence-electron chi connectivity index (χ2n) is 7.98. The highest BCUT2D eigenvalue weighted by atomic mass is 35.5. The van der Waals surface area contributed by atoms with Crippen LogP contribution in [0.4, 0.5) is 10.2 Å². The van der Waals surface area contributed by atoms with Crippen molar-refractivity contribution < 1.29 is 9.50 Å². The highest BCUT2D eigenvalue weighted by Crippen LogP contribution is 2.34. The molecule has 32 heavy (non-hydrogen) atoms. The van der Waals surface area contributed by atoms with Gasteiger partial charge in [-0.15, -0.1) is 0 Å². The van der Waals surface area contributed by atoms with E-state index in [0.717, 1.165) is 12.8 Å². The van der Waals surface area contributed by atoms with Crippen LogP contribution in [0.15, 0.2) is 59.8 Å². The van der Waals surface area contributed by atoms with E-state index in [0.29, 0.717) is 38.9 Å². The van der Waals surface area contributed by atoms with Crippen molar-refractivity contribution in [1.29, 1.82) is 0 Å². The van der Waals surface area contributed by atoms with Gasteiger partial charge in [-0.3, -0.25) is 14.0 Å². The lowest BCUT2D eigenvalue weighted by molar-refractivity contribution is 0.263. The van der Waals surface area contributed by atoms with Crippen LogP contribution in [-0.4, -0.2) is 37.1 Å². The summed E-state index contributed by atoms with van der Waals surface area (Å²) in [6.07, 6.45) is 6.74. The number of nitrogens with zero attached hydrogens (tertiary/aromatic N) is 4. The largest absolute Gasteiger partial charge is 0.394 e. The minimum atomic E-state index is -0.319. The summed E-state index contributed by atoms with van der Waals surface area (Å²) in [5.74, 6) is 0.651. The molecule has 3 heterocycles. The van der Waals surface area contributed by atoms with Gasteiger partial charge in [0.25, 0.3) is 5.56 Å². The second-order valence-corrected chi connectivity index (χ2v) is 8.38. The van der Waals surface area contributed by atoms with Crippen LogP contribution in [0.1, 0.15) is 18.4 Å². The molecule has 1 aliphatic rings. The number of anilines is 1. The topological polar surface area (TPSA) is 85.0 Å². The summed E-state index contributed by atoms with van der Waals surface area (Å²) >= 11 is 6.37. The molecule has 9 heteroatoms. The number of halogens is 2. The van der Waals surface area contributed by atoms with E-state index in [9.17, 15) is 14.3 Å². The highest BCUT2D eigenvalue weighted by Gasteiger charge is 2.31. The molecule has 164 valence electrons. The third kappa shape index (κ3) is 3.87. The van der Waals surface area contributed by atoms with Gasteiger partial charge in [0.05, 0.1) is 53.2 Å². The molecule has 1 aromatic carbocycles. The first-order chi connectivity index (χ1) is 15.5. The Morgan fingerprint density at radius 1 is 1.25 bits per heavy atom. The first-order valence-electron chi connectivity index (χ1n) is 10.4. The second kappa shape index (κ2) is 8.37. The molecule has 4 aromatic rings. The molecule has 0 saturated heterocycles. The van der Waals surface area contributed by atoms with Gasteiger partial charge < -0.3 is 10.4 Å². The minimum Gasteiger partial charge on any atom is -0.394 e. The number of rotatable bonds is 7. The summed E-state index contributed by atoms with van der Waals surface area (Å²) in [5.41, 5.74) is 1.28. The van der Waals surface area contributed by atoms with Crippen LogP contribution in [0.25, 0.3) is 16.6 Å². The Balaban J connectivity index is 1.50. The molecule has 5 rings (SSSR count). The molecule has 7 nitrogen and oxygen atoms in total. The molecule has 0 unspecified atom stereocenters. The maximum absolute atomic E-state index is 14.0. The van der Waals surface area contributed by atoms with Crippen molar-refractivity contribution in [2.75, 3.05) is 11.9 Å². The Kier molecular flexibility index (Phi) is 5.40. The van der Waals surface area contributed by atoms with Crippen molar-refractivity contribution in [3.05, 3.63) is 81.7 Å².